The van der Waals surface area contributed by atoms with E-state index in [0.717, 1.165) is 29.0 Å². The molecule has 0 bridgehead atoms. The van der Waals surface area contributed by atoms with Crippen molar-refractivity contribution in [2.45, 2.75) is 39.1 Å². The molecule has 0 saturated carbocycles. The highest BCUT2D eigenvalue weighted by Crippen LogP contribution is 2.29. The summed E-state index contributed by atoms with van der Waals surface area (Å²) >= 11 is 0. The van der Waals surface area contributed by atoms with Crippen molar-refractivity contribution >= 4 is 11.7 Å². The molecule has 0 aliphatic carbocycles. The monoisotopic (exact) mass is 419 g/mol. The van der Waals surface area contributed by atoms with Gasteiger partial charge in [-0.3, -0.25) is 0 Å². The Morgan fingerprint density at radius 3 is 2.53 bits per heavy atom. The topological polar surface area (TPSA) is 53.9 Å². The molecule has 0 fully saturated rings. The molecule has 1 atom stereocenters. The van der Waals surface area contributed by atoms with Crippen molar-refractivity contribution < 1.29 is 22.8 Å². The van der Waals surface area contributed by atoms with E-state index in [1.165, 1.54) is 17.0 Å². The van der Waals surface area contributed by atoms with Crippen LogP contribution in [-0.2, 0) is 17.6 Å². The highest BCUT2D eigenvalue weighted by Gasteiger charge is 2.30. The fraction of sp³-hybridized carbons (Fsp3) is 0.364. The lowest BCUT2D eigenvalue weighted by atomic mass is 10.0. The molecule has 1 aliphatic heterocycles. The Kier molecular flexibility index (Phi) is 6.64. The number of alkyl halides is 3. The molecule has 30 heavy (non-hydrogen) atoms. The van der Waals surface area contributed by atoms with Crippen LogP contribution in [0.15, 0.2) is 53.7 Å². The Hall–Kier alpha value is -3.03. The summed E-state index contributed by atoms with van der Waals surface area (Å²) in [7, 11) is 0. The van der Waals surface area contributed by atoms with E-state index >= 15 is 0 Å². The van der Waals surface area contributed by atoms with Gasteiger partial charge in [-0.25, -0.2) is 4.79 Å². The third-order valence-electron chi connectivity index (χ3n) is 4.88. The first kappa shape index (κ1) is 21.7. The van der Waals surface area contributed by atoms with Gasteiger partial charge in [-0.1, -0.05) is 41.6 Å². The quantitative estimate of drug-likeness (QED) is 0.736. The Balaban J connectivity index is 1.68. The number of aryl methyl sites for hydroxylation is 1. The summed E-state index contributed by atoms with van der Waals surface area (Å²) in [5, 5.41) is 6.93. The number of nitrogens with one attached hydrogen (secondary N) is 1. The highest BCUT2D eigenvalue weighted by atomic mass is 19.4. The Bertz CT molecular complexity index is 911. The van der Waals surface area contributed by atoms with Gasteiger partial charge in [-0.15, -0.1) is 0 Å². The predicted molar refractivity (Wildman–Crippen MR) is 108 cm³/mol. The summed E-state index contributed by atoms with van der Waals surface area (Å²) in [6, 6.07) is 12.4. The number of carbonyl (C=O) groups excluding carboxylic acids is 1. The van der Waals surface area contributed by atoms with Crippen LogP contribution >= 0.6 is 0 Å². The van der Waals surface area contributed by atoms with Crippen LogP contribution in [0.1, 0.15) is 35.6 Å². The van der Waals surface area contributed by atoms with E-state index in [4.69, 9.17) is 4.84 Å². The molecular formula is C22H24F3N3O2. The van der Waals surface area contributed by atoms with Crippen LogP contribution in [0.3, 0.4) is 0 Å². The summed E-state index contributed by atoms with van der Waals surface area (Å²) < 4.78 is 38.3. The number of benzene rings is 2. The molecule has 0 spiro atoms. The smallest absolute Gasteiger partial charge is 0.390 e. The lowest BCUT2D eigenvalue weighted by molar-refractivity contribution is -0.137. The molecule has 0 aromatic heterocycles. The van der Waals surface area contributed by atoms with Crippen LogP contribution in [0, 0.1) is 6.92 Å². The second-order valence-corrected chi connectivity index (χ2v) is 7.20. The minimum atomic E-state index is -4.39. The van der Waals surface area contributed by atoms with Gasteiger partial charge in [0.25, 0.3) is 0 Å². The van der Waals surface area contributed by atoms with E-state index in [9.17, 15) is 18.0 Å². The van der Waals surface area contributed by atoms with Gasteiger partial charge >= 0.3 is 12.2 Å². The summed E-state index contributed by atoms with van der Waals surface area (Å²) in [5.74, 6) is 0. The molecule has 0 radical (unpaired) electrons. The molecule has 2 aromatic carbocycles. The van der Waals surface area contributed by atoms with Crippen molar-refractivity contribution in [1.82, 2.24) is 10.2 Å². The zero-order valence-corrected chi connectivity index (χ0v) is 16.9. The van der Waals surface area contributed by atoms with E-state index < -0.39 is 11.7 Å². The molecule has 1 aliphatic rings. The molecule has 1 heterocycles. The lowest BCUT2D eigenvalue weighted by Crippen LogP contribution is -2.43. The second-order valence-electron chi connectivity index (χ2n) is 7.20. The number of rotatable bonds is 6. The molecule has 3 rings (SSSR count). The van der Waals surface area contributed by atoms with Crippen molar-refractivity contribution in [3.63, 3.8) is 0 Å². The minimum absolute atomic E-state index is 0.170. The predicted octanol–water partition coefficient (Wildman–Crippen LogP) is 4.74. The first-order valence-corrected chi connectivity index (χ1v) is 9.75. The van der Waals surface area contributed by atoms with E-state index in [1.807, 2.05) is 31.2 Å². The molecule has 8 heteroatoms. The van der Waals surface area contributed by atoms with Crippen LogP contribution in [0.4, 0.5) is 18.0 Å². The molecule has 2 amide bonds. The van der Waals surface area contributed by atoms with E-state index in [0.29, 0.717) is 18.5 Å². The van der Waals surface area contributed by atoms with Crippen LogP contribution in [0.5, 0.6) is 0 Å². The van der Waals surface area contributed by atoms with Gasteiger partial charge in [-0.05, 0) is 37.1 Å². The number of halogens is 3. The molecule has 160 valence electrons. The first-order chi connectivity index (χ1) is 14.3. The third kappa shape index (κ3) is 5.31. The normalized spacial score (nSPS) is 16.0. The van der Waals surface area contributed by atoms with Crippen LogP contribution in [0.2, 0.25) is 0 Å². The van der Waals surface area contributed by atoms with Crippen LogP contribution in [-0.4, -0.2) is 35.8 Å². The van der Waals surface area contributed by atoms with E-state index in [1.54, 1.807) is 6.92 Å². The number of hydrogen-bond donors (Lipinski definition) is 1. The van der Waals surface area contributed by atoms with Gasteiger partial charge in [0.1, 0.15) is 0 Å². The molecule has 0 saturated heterocycles. The Labute approximate surface area is 173 Å². The average Bonchev–Trinajstić information content (AvgIpc) is 3.16. The lowest BCUT2D eigenvalue weighted by Gasteiger charge is -2.25. The molecule has 0 unspecified atom stereocenters. The number of oxime groups is 1. The van der Waals surface area contributed by atoms with Crippen molar-refractivity contribution in [3.05, 3.63) is 70.8 Å². The molecule has 1 N–H and O–H groups in total. The maximum absolute atomic E-state index is 12.8. The number of hydrogen-bond acceptors (Lipinski definition) is 3. The standard InChI is InChI=1S/C22H24F3N3O2/c1-3-26-21(29)28(13-16-8-10-17(11-9-16)22(23,24)25)14-18-12-20(27-30-18)19-7-5-4-6-15(19)2/h4-11,18H,3,12-14H2,1-2H3,(H,26,29)/t18-/m0/s1. The van der Waals surface area contributed by atoms with Gasteiger partial charge in [0.05, 0.1) is 17.8 Å². The summed E-state index contributed by atoms with van der Waals surface area (Å²) in [6.07, 6.45) is -4.16. The first-order valence-electron chi connectivity index (χ1n) is 9.75. The van der Waals surface area contributed by atoms with E-state index in [-0.39, 0.29) is 25.2 Å². The van der Waals surface area contributed by atoms with Crippen molar-refractivity contribution in [2.24, 2.45) is 5.16 Å². The summed E-state index contributed by atoms with van der Waals surface area (Å²) in [4.78, 5) is 19.6. The van der Waals surface area contributed by atoms with Crippen LogP contribution in [0.25, 0.3) is 0 Å². The van der Waals surface area contributed by atoms with Crippen molar-refractivity contribution in [1.29, 1.82) is 0 Å². The van der Waals surface area contributed by atoms with Gasteiger partial charge < -0.3 is 15.1 Å². The minimum Gasteiger partial charge on any atom is -0.390 e. The maximum atomic E-state index is 12.8. The van der Waals surface area contributed by atoms with Crippen molar-refractivity contribution in [2.75, 3.05) is 13.1 Å². The highest BCUT2D eigenvalue weighted by molar-refractivity contribution is 6.02. The van der Waals surface area contributed by atoms with Gasteiger partial charge in [-0.2, -0.15) is 13.2 Å². The number of urea groups is 1. The average molecular weight is 419 g/mol. The Morgan fingerprint density at radius 2 is 1.90 bits per heavy atom. The summed E-state index contributed by atoms with van der Waals surface area (Å²) in [6.45, 7) is 4.69. The SMILES string of the molecule is CCNC(=O)N(Cc1ccc(C(F)(F)F)cc1)C[C@@H]1CC(c2ccccc2C)=NO1. The van der Waals surface area contributed by atoms with Gasteiger partial charge in [0.15, 0.2) is 6.10 Å². The second kappa shape index (κ2) is 9.19. The maximum Gasteiger partial charge on any atom is 0.416 e. The van der Waals surface area contributed by atoms with Crippen molar-refractivity contribution in [3.8, 4) is 0 Å². The zero-order valence-electron chi connectivity index (χ0n) is 16.9. The fourth-order valence-corrected chi connectivity index (χ4v) is 3.33. The zero-order chi connectivity index (χ0) is 21.7. The molecule has 5 nitrogen and oxygen atoms in total. The Morgan fingerprint density at radius 1 is 1.20 bits per heavy atom. The molecule has 2 aromatic rings. The number of nitrogens with zero attached hydrogens (tertiary/aromatic N) is 2. The largest absolute Gasteiger partial charge is 0.416 e. The van der Waals surface area contributed by atoms with Gasteiger partial charge in [0, 0.05) is 25.1 Å². The number of carbonyl (C=O) groups is 1. The van der Waals surface area contributed by atoms with Crippen LogP contribution < -0.4 is 5.32 Å². The van der Waals surface area contributed by atoms with Gasteiger partial charge in [0.2, 0.25) is 0 Å². The number of amides is 2. The van der Waals surface area contributed by atoms with E-state index in [2.05, 4.69) is 10.5 Å². The summed E-state index contributed by atoms with van der Waals surface area (Å²) in [5.41, 5.74) is 2.81. The third-order valence-corrected chi connectivity index (χ3v) is 4.88. The molecular weight excluding hydrogens is 395 g/mol. The fourth-order valence-electron chi connectivity index (χ4n) is 3.33.